The van der Waals surface area contributed by atoms with Crippen molar-refractivity contribution >= 4 is 28.6 Å². The Kier molecular flexibility index (Phi) is 7.62. The molecule has 1 saturated heterocycles. The first kappa shape index (κ1) is 25.7. The molecule has 1 aliphatic heterocycles. The summed E-state index contributed by atoms with van der Waals surface area (Å²) in [4.78, 5) is 24.2. The van der Waals surface area contributed by atoms with Gasteiger partial charge in [0.25, 0.3) is 5.91 Å². The number of anilines is 2. The van der Waals surface area contributed by atoms with Crippen LogP contribution in [0.25, 0.3) is 11.2 Å². The van der Waals surface area contributed by atoms with Crippen LogP contribution in [0.2, 0.25) is 0 Å². The zero-order chi connectivity index (χ0) is 26.6. The number of hydrogen-bond acceptors (Lipinski definition) is 7. The van der Waals surface area contributed by atoms with Crippen LogP contribution >= 0.6 is 0 Å². The summed E-state index contributed by atoms with van der Waals surface area (Å²) >= 11 is 0. The van der Waals surface area contributed by atoms with Crippen LogP contribution in [-0.2, 0) is 17.8 Å². The monoisotopic (exact) mass is 517 g/mol. The van der Waals surface area contributed by atoms with E-state index in [-0.39, 0.29) is 11.7 Å². The number of morpholine rings is 1. The maximum atomic E-state index is 14.8. The molecule has 0 radical (unpaired) electrons. The minimum atomic E-state index is -0.423. The maximum Gasteiger partial charge on any atom is 0.255 e. The number of fused-ring (bicyclic) bond motifs is 1. The molecule has 198 valence electrons. The Morgan fingerprint density at radius 3 is 2.76 bits per heavy atom. The van der Waals surface area contributed by atoms with E-state index in [0.717, 1.165) is 45.0 Å². The van der Waals surface area contributed by atoms with Gasteiger partial charge in [0.2, 0.25) is 5.65 Å². The second-order valence-electron chi connectivity index (χ2n) is 9.54. The molecule has 4 aromatic rings. The van der Waals surface area contributed by atoms with Crippen molar-refractivity contribution in [2.45, 2.75) is 39.9 Å². The molecule has 1 atom stereocenters. The Morgan fingerprint density at radius 1 is 1.18 bits per heavy atom. The van der Waals surface area contributed by atoms with E-state index in [1.54, 1.807) is 23.0 Å². The Bertz CT molecular complexity index is 1450. The van der Waals surface area contributed by atoms with Gasteiger partial charge in [-0.2, -0.15) is 5.10 Å². The summed E-state index contributed by atoms with van der Waals surface area (Å²) in [5.41, 5.74) is 4.94. The molecule has 2 aromatic heterocycles. The van der Waals surface area contributed by atoms with E-state index in [4.69, 9.17) is 4.74 Å². The number of carbonyl (C=O) groups excluding carboxylic acids is 1. The SMILES string of the molecule is CCn1cc2ncc(N[C@@H](C)c3cc(NC(=O)c4ccc(CN5CCOCC5)c(C)c4)ccc3F)nc2n1. The summed E-state index contributed by atoms with van der Waals surface area (Å²) in [6.07, 6.45) is 3.44. The van der Waals surface area contributed by atoms with Crippen molar-refractivity contribution in [3.05, 3.63) is 76.9 Å². The van der Waals surface area contributed by atoms with Gasteiger partial charge >= 0.3 is 0 Å². The van der Waals surface area contributed by atoms with E-state index >= 15 is 0 Å². The average Bonchev–Trinajstić information content (AvgIpc) is 3.34. The van der Waals surface area contributed by atoms with Crippen LogP contribution in [0, 0.1) is 12.7 Å². The zero-order valence-electron chi connectivity index (χ0n) is 21.9. The highest BCUT2D eigenvalue weighted by atomic mass is 19.1. The Labute approximate surface area is 221 Å². The molecule has 0 bridgehead atoms. The van der Waals surface area contributed by atoms with E-state index in [9.17, 15) is 9.18 Å². The highest BCUT2D eigenvalue weighted by Crippen LogP contribution is 2.25. The molecule has 1 fully saturated rings. The van der Waals surface area contributed by atoms with E-state index < -0.39 is 6.04 Å². The summed E-state index contributed by atoms with van der Waals surface area (Å²) in [5.74, 6) is -0.129. The summed E-state index contributed by atoms with van der Waals surface area (Å²) in [7, 11) is 0. The summed E-state index contributed by atoms with van der Waals surface area (Å²) < 4.78 is 21.9. The van der Waals surface area contributed by atoms with Gasteiger partial charge in [0.15, 0.2) is 0 Å². The second-order valence-corrected chi connectivity index (χ2v) is 9.54. The largest absolute Gasteiger partial charge is 0.379 e. The highest BCUT2D eigenvalue weighted by Gasteiger charge is 2.16. The average molecular weight is 518 g/mol. The van der Waals surface area contributed by atoms with Crippen LogP contribution < -0.4 is 10.6 Å². The maximum absolute atomic E-state index is 14.8. The van der Waals surface area contributed by atoms with Crippen LogP contribution in [-0.4, -0.2) is 56.9 Å². The van der Waals surface area contributed by atoms with E-state index in [1.165, 1.54) is 11.6 Å². The number of benzene rings is 2. The van der Waals surface area contributed by atoms with Gasteiger partial charge in [-0.05, 0) is 62.2 Å². The number of carbonyl (C=O) groups is 1. The summed E-state index contributed by atoms with van der Waals surface area (Å²) in [6.45, 7) is 10.7. The van der Waals surface area contributed by atoms with Crippen LogP contribution in [0.5, 0.6) is 0 Å². The zero-order valence-corrected chi connectivity index (χ0v) is 21.9. The molecular weight excluding hydrogens is 485 g/mol. The molecule has 1 amide bonds. The third-order valence-electron chi connectivity index (χ3n) is 6.79. The van der Waals surface area contributed by atoms with Gasteiger partial charge in [-0.15, -0.1) is 0 Å². The Hall–Kier alpha value is -3.89. The first-order chi connectivity index (χ1) is 18.4. The predicted octanol–water partition coefficient (Wildman–Crippen LogP) is 4.55. The van der Waals surface area contributed by atoms with E-state index in [2.05, 4.69) is 30.6 Å². The quantitative estimate of drug-likeness (QED) is 0.354. The lowest BCUT2D eigenvalue weighted by atomic mass is 10.0. The summed E-state index contributed by atoms with van der Waals surface area (Å²) in [6, 6.07) is 9.87. The van der Waals surface area contributed by atoms with Crippen LogP contribution in [0.15, 0.2) is 48.8 Å². The van der Waals surface area contributed by atoms with Crippen molar-refractivity contribution < 1.29 is 13.9 Å². The van der Waals surface area contributed by atoms with Crippen LogP contribution in [0.4, 0.5) is 15.9 Å². The van der Waals surface area contributed by atoms with Gasteiger partial charge in [0.05, 0.1) is 31.6 Å². The fourth-order valence-electron chi connectivity index (χ4n) is 4.55. The van der Waals surface area contributed by atoms with Crippen molar-refractivity contribution in [1.29, 1.82) is 0 Å². The van der Waals surface area contributed by atoms with Crippen LogP contribution in [0.3, 0.4) is 0 Å². The third kappa shape index (κ3) is 5.81. The van der Waals surface area contributed by atoms with E-state index in [1.807, 2.05) is 45.2 Å². The van der Waals surface area contributed by atoms with Gasteiger partial charge in [-0.1, -0.05) is 6.07 Å². The molecule has 2 aromatic carbocycles. The molecule has 1 aliphatic rings. The molecule has 10 heteroatoms. The molecule has 5 rings (SSSR count). The first-order valence-electron chi connectivity index (χ1n) is 12.9. The standard InChI is InChI=1S/C28H32FN7O2/c1-4-36-17-25-27(34-36)33-26(15-30-25)31-19(3)23-14-22(7-8-24(23)29)32-28(37)20-5-6-21(18(2)13-20)16-35-9-11-38-12-10-35/h5-8,13-15,17,19H,4,9-12,16H2,1-3H3,(H,32,37)(H,31,33,34)/t19-/m0/s1. The van der Waals surface area contributed by atoms with Gasteiger partial charge in [0, 0.05) is 43.0 Å². The van der Waals surface area contributed by atoms with E-state index in [0.29, 0.717) is 33.8 Å². The molecule has 2 N–H and O–H groups in total. The number of hydrogen-bond donors (Lipinski definition) is 2. The minimum absolute atomic E-state index is 0.243. The van der Waals surface area contributed by atoms with Gasteiger partial charge < -0.3 is 15.4 Å². The minimum Gasteiger partial charge on any atom is -0.379 e. The number of aromatic nitrogens is 4. The molecular formula is C28H32FN7O2. The molecule has 0 saturated carbocycles. The lowest BCUT2D eigenvalue weighted by Gasteiger charge is -2.27. The second kappa shape index (κ2) is 11.2. The fraction of sp³-hybridized carbons (Fsp3) is 0.357. The van der Waals surface area contributed by atoms with Gasteiger partial charge in [-0.3, -0.25) is 14.4 Å². The highest BCUT2D eigenvalue weighted by molar-refractivity contribution is 6.04. The Balaban J connectivity index is 1.26. The van der Waals surface area contributed by atoms with Crippen molar-refractivity contribution in [1.82, 2.24) is 24.6 Å². The van der Waals surface area contributed by atoms with Crippen molar-refractivity contribution in [2.75, 3.05) is 36.9 Å². The number of rotatable bonds is 8. The number of amides is 1. The molecule has 0 aliphatic carbocycles. The predicted molar refractivity (Wildman–Crippen MR) is 145 cm³/mol. The fourth-order valence-corrected chi connectivity index (χ4v) is 4.55. The molecule has 3 heterocycles. The molecule has 0 unspecified atom stereocenters. The number of nitrogens with one attached hydrogen (secondary N) is 2. The molecule has 38 heavy (non-hydrogen) atoms. The van der Waals surface area contributed by atoms with Crippen molar-refractivity contribution in [3.63, 3.8) is 0 Å². The third-order valence-corrected chi connectivity index (χ3v) is 6.79. The number of halogens is 1. The summed E-state index contributed by atoms with van der Waals surface area (Å²) in [5, 5.41) is 10.5. The smallest absolute Gasteiger partial charge is 0.255 e. The topological polar surface area (TPSA) is 97.2 Å². The van der Waals surface area contributed by atoms with Crippen molar-refractivity contribution in [2.24, 2.45) is 0 Å². The lowest BCUT2D eigenvalue weighted by Crippen LogP contribution is -2.35. The van der Waals surface area contributed by atoms with Crippen LogP contribution in [0.1, 0.15) is 46.9 Å². The number of aryl methyl sites for hydroxylation is 2. The van der Waals surface area contributed by atoms with Crippen molar-refractivity contribution in [3.8, 4) is 0 Å². The van der Waals surface area contributed by atoms with Gasteiger partial charge in [0.1, 0.15) is 17.2 Å². The molecule has 0 spiro atoms. The van der Waals surface area contributed by atoms with Gasteiger partial charge in [-0.25, -0.2) is 14.4 Å². The first-order valence-corrected chi connectivity index (χ1v) is 12.9. The normalized spacial score (nSPS) is 14.9. The Morgan fingerprint density at radius 2 is 2.00 bits per heavy atom. The number of ether oxygens (including phenoxy) is 1. The lowest BCUT2D eigenvalue weighted by molar-refractivity contribution is 0.0341. The molecule has 9 nitrogen and oxygen atoms in total. The number of nitrogens with zero attached hydrogens (tertiary/aromatic N) is 5.